The van der Waals surface area contributed by atoms with Gasteiger partial charge in [-0.05, 0) is 42.7 Å². The molecule has 1 aliphatic carbocycles. The van der Waals surface area contributed by atoms with Crippen LogP contribution in [0.25, 0.3) is 0 Å². The monoisotopic (exact) mass is 214 g/mol. The van der Waals surface area contributed by atoms with Crippen molar-refractivity contribution in [3.8, 4) is 5.75 Å². The zero-order valence-corrected chi connectivity index (χ0v) is 8.95. The molecule has 0 spiro atoms. The van der Waals surface area contributed by atoms with Gasteiger partial charge in [0.2, 0.25) is 0 Å². The molecule has 3 heteroatoms. The van der Waals surface area contributed by atoms with Crippen molar-refractivity contribution in [3.05, 3.63) is 22.7 Å². The molecule has 0 unspecified atom stereocenters. The SMILES string of the molecule is CSc1cc(O)cc(Cl)c1C1CC1. The molecule has 0 amide bonds. The zero-order valence-electron chi connectivity index (χ0n) is 7.38. The van der Waals surface area contributed by atoms with Crippen LogP contribution >= 0.6 is 23.4 Å². The van der Waals surface area contributed by atoms with E-state index in [0.717, 1.165) is 4.90 Å². The number of thioether (sulfide) groups is 1. The molecule has 0 bridgehead atoms. The predicted molar refractivity (Wildman–Crippen MR) is 56.9 cm³/mol. The molecule has 1 fully saturated rings. The number of benzene rings is 1. The lowest BCUT2D eigenvalue weighted by atomic mass is 10.1. The summed E-state index contributed by atoms with van der Waals surface area (Å²) in [5, 5.41) is 10.1. The summed E-state index contributed by atoms with van der Waals surface area (Å²) in [6.07, 6.45) is 4.48. The lowest BCUT2D eigenvalue weighted by Gasteiger charge is -2.08. The van der Waals surface area contributed by atoms with E-state index < -0.39 is 0 Å². The van der Waals surface area contributed by atoms with Crippen LogP contribution in [0, 0.1) is 0 Å². The number of phenolic OH excluding ortho intramolecular Hbond substituents is 1. The Hall–Kier alpha value is -0.340. The fourth-order valence-corrected chi connectivity index (χ4v) is 2.68. The lowest BCUT2D eigenvalue weighted by Crippen LogP contribution is -1.86. The minimum atomic E-state index is 0.263. The Morgan fingerprint density at radius 3 is 2.69 bits per heavy atom. The van der Waals surface area contributed by atoms with Crippen LogP contribution in [0.4, 0.5) is 0 Å². The number of aromatic hydroxyl groups is 1. The van der Waals surface area contributed by atoms with E-state index in [0.29, 0.717) is 10.9 Å². The third-order valence-electron chi connectivity index (χ3n) is 2.28. The smallest absolute Gasteiger partial charge is 0.118 e. The third-order valence-corrected chi connectivity index (χ3v) is 3.37. The van der Waals surface area contributed by atoms with Crippen LogP contribution in [0.2, 0.25) is 5.02 Å². The average Bonchev–Trinajstić information content (AvgIpc) is 2.86. The van der Waals surface area contributed by atoms with Crippen molar-refractivity contribution in [1.82, 2.24) is 0 Å². The number of phenols is 1. The predicted octanol–water partition coefficient (Wildman–Crippen LogP) is 3.64. The van der Waals surface area contributed by atoms with Gasteiger partial charge in [0.25, 0.3) is 0 Å². The highest BCUT2D eigenvalue weighted by Crippen LogP contribution is 2.48. The number of hydrogen-bond donors (Lipinski definition) is 1. The minimum Gasteiger partial charge on any atom is -0.508 e. The summed E-state index contributed by atoms with van der Waals surface area (Å²) < 4.78 is 0. The van der Waals surface area contributed by atoms with Crippen molar-refractivity contribution in [2.24, 2.45) is 0 Å². The summed E-state index contributed by atoms with van der Waals surface area (Å²) >= 11 is 7.72. The maximum absolute atomic E-state index is 9.35. The molecule has 2 rings (SSSR count). The third kappa shape index (κ3) is 1.79. The zero-order chi connectivity index (χ0) is 9.42. The summed E-state index contributed by atoms with van der Waals surface area (Å²) in [6.45, 7) is 0. The molecule has 0 heterocycles. The molecule has 1 nitrogen and oxygen atoms in total. The number of rotatable bonds is 2. The highest BCUT2D eigenvalue weighted by atomic mass is 35.5. The maximum atomic E-state index is 9.35. The average molecular weight is 215 g/mol. The minimum absolute atomic E-state index is 0.263. The normalized spacial score (nSPS) is 16.2. The summed E-state index contributed by atoms with van der Waals surface area (Å²) in [5.74, 6) is 0.898. The van der Waals surface area contributed by atoms with Gasteiger partial charge in [0.05, 0.1) is 0 Å². The largest absolute Gasteiger partial charge is 0.508 e. The van der Waals surface area contributed by atoms with Crippen LogP contribution in [0.3, 0.4) is 0 Å². The van der Waals surface area contributed by atoms with E-state index >= 15 is 0 Å². The first-order valence-electron chi connectivity index (χ1n) is 4.28. The van der Waals surface area contributed by atoms with Gasteiger partial charge in [0.1, 0.15) is 5.75 Å². The van der Waals surface area contributed by atoms with Gasteiger partial charge in [0, 0.05) is 9.92 Å². The molecule has 0 radical (unpaired) electrons. The first-order valence-corrected chi connectivity index (χ1v) is 5.89. The van der Waals surface area contributed by atoms with Crippen molar-refractivity contribution in [3.63, 3.8) is 0 Å². The topological polar surface area (TPSA) is 20.2 Å². The molecular weight excluding hydrogens is 204 g/mol. The van der Waals surface area contributed by atoms with Crippen molar-refractivity contribution in [1.29, 1.82) is 0 Å². The van der Waals surface area contributed by atoms with Crippen molar-refractivity contribution in [2.75, 3.05) is 6.26 Å². The van der Waals surface area contributed by atoms with Gasteiger partial charge in [-0.3, -0.25) is 0 Å². The molecule has 1 saturated carbocycles. The van der Waals surface area contributed by atoms with E-state index in [1.54, 1.807) is 23.9 Å². The summed E-state index contributed by atoms with van der Waals surface area (Å²) in [7, 11) is 0. The molecular formula is C10H11ClOS. The molecule has 1 aliphatic rings. The van der Waals surface area contributed by atoms with E-state index in [9.17, 15) is 5.11 Å². The molecule has 1 aromatic rings. The number of hydrogen-bond acceptors (Lipinski definition) is 2. The van der Waals surface area contributed by atoms with Gasteiger partial charge in [-0.15, -0.1) is 11.8 Å². The fraction of sp³-hybridized carbons (Fsp3) is 0.400. The van der Waals surface area contributed by atoms with Crippen LogP contribution in [0.1, 0.15) is 24.3 Å². The summed E-state index contributed by atoms with van der Waals surface area (Å²) in [5.41, 5.74) is 1.23. The molecule has 70 valence electrons. The summed E-state index contributed by atoms with van der Waals surface area (Å²) in [6, 6.07) is 3.43. The Balaban J connectivity index is 2.50. The van der Waals surface area contributed by atoms with Crippen LogP contribution in [-0.4, -0.2) is 11.4 Å². The maximum Gasteiger partial charge on any atom is 0.118 e. The second-order valence-corrected chi connectivity index (χ2v) is 4.57. The first-order chi connectivity index (χ1) is 6.22. The highest BCUT2D eigenvalue weighted by Gasteiger charge is 2.28. The van der Waals surface area contributed by atoms with E-state index in [2.05, 4.69) is 0 Å². The molecule has 13 heavy (non-hydrogen) atoms. The Morgan fingerprint density at radius 1 is 1.46 bits per heavy atom. The molecule has 0 saturated heterocycles. The molecule has 1 aromatic carbocycles. The van der Waals surface area contributed by atoms with Gasteiger partial charge >= 0.3 is 0 Å². The van der Waals surface area contributed by atoms with E-state index in [4.69, 9.17) is 11.6 Å². The Labute approximate surface area is 87.1 Å². The van der Waals surface area contributed by atoms with Crippen molar-refractivity contribution in [2.45, 2.75) is 23.7 Å². The van der Waals surface area contributed by atoms with E-state index in [-0.39, 0.29) is 5.75 Å². The van der Waals surface area contributed by atoms with Crippen molar-refractivity contribution < 1.29 is 5.11 Å². The van der Waals surface area contributed by atoms with Gasteiger partial charge in [-0.1, -0.05) is 11.6 Å². The molecule has 1 N–H and O–H groups in total. The molecule has 0 atom stereocenters. The lowest BCUT2D eigenvalue weighted by molar-refractivity contribution is 0.473. The number of halogens is 1. The van der Waals surface area contributed by atoms with Crippen LogP contribution < -0.4 is 0 Å². The molecule has 0 aromatic heterocycles. The van der Waals surface area contributed by atoms with E-state index in [1.165, 1.54) is 18.4 Å². The van der Waals surface area contributed by atoms with E-state index in [1.807, 2.05) is 6.26 Å². The standard InChI is InChI=1S/C10H11ClOS/c1-13-9-5-7(12)4-8(11)10(9)6-2-3-6/h4-6,12H,2-3H2,1H3. The second-order valence-electron chi connectivity index (χ2n) is 3.32. The van der Waals surface area contributed by atoms with Crippen molar-refractivity contribution >= 4 is 23.4 Å². The second kappa shape index (κ2) is 3.43. The van der Waals surface area contributed by atoms with Gasteiger partial charge < -0.3 is 5.11 Å². The first kappa shape index (κ1) is 9.22. The van der Waals surface area contributed by atoms with Gasteiger partial charge in [-0.2, -0.15) is 0 Å². The highest BCUT2D eigenvalue weighted by molar-refractivity contribution is 7.98. The van der Waals surface area contributed by atoms with Gasteiger partial charge in [0.15, 0.2) is 0 Å². The Morgan fingerprint density at radius 2 is 2.15 bits per heavy atom. The van der Waals surface area contributed by atoms with Crippen LogP contribution in [-0.2, 0) is 0 Å². The Kier molecular flexibility index (Phi) is 2.43. The fourth-order valence-electron chi connectivity index (χ4n) is 1.52. The quantitative estimate of drug-likeness (QED) is 0.759. The van der Waals surface area contributed by atoms with Crippen LogP contribution in [0.15, 0.2) is 17.0 Å². The molecule has 0 aliphatic heterocycles. The Bertz CT molecular complexity index is 334. The van der Waals surface area contributed by atoms with Crippen LogP contribution in [0.5, 0.6) is 5.75 Å². The van der Waals surface area contributed by atoms with Gasteiger partial charge in [-0.25, -0.2) is 0 Å². The summed E-state index contributed by atoms with van der Waals surface area (Å²) in [4.78, 5) is 1.12.